The number of ether oxygens (including phenoxy) is 1. The molecule has 1 heterocycles. The van der Waals surface area contributed by atoms with Crippen molar-refractivity contribution >= 4 is 0 Å². The van der Waals surface area contributed by atoms with Gasteiger partial charge in [-0.25, -0.2) is 0 Å². The molecule has 2 atom stereocenters. The van der Waals surface area contributed by atoms with E-state index in [1.54, 1.807) is 0 Å². The molecular weight excluding hydrogens is 174 g/mol. The molecule has 1 aliphatic heterocycles. The van der Waals surface area contributed by atoms with Crippen molar-refractivity contribution in [1.82, 2.24) is 5.32 Å². The maximum atomic E-state index is 6.25. The lowest BCUT2D eigenvalue weighted by Gasteiger charge is -2.49. The van der Waals surface area contributed by atoms with Crippen molar-refractivity contribution in [2.75, 3.05) is 6.54 Å². The van der Waals surface area contributed by atoms with Crippen LogP contribution in [0.4, 0.5) is 0 Å². The summed E-state index contributed by atoms with van der Waals surface area (Å²) in [6.07, 6.45) is 0.313. The van der Waals surface area contributed by atoms with Gasteiger partial charge in [0.2, 0.25) is 0 Å². The number of hydrogen-bond acceptors (Lipinski definition) is 2. The second-order valence-corrected chi connectivity index (χ2v) is 5.26. The van der Waals surface area contributed by atoms with Crippen molar-refractivity contribution in [1.29, 1.82) is 0 Å². The average molecular weight is 199 g/mol. The van der Waals surface area contributed by atoms with Gasteiger partial charge in [0.1, 0.15) is 0 Å². The molecule has 0 spiro atoms. The van der Waals surface area contributed by atoms with Crippen LogP contribution < -0.4 is 5.32 Å². The minimum absolute atomic E-state index is 0.0198. The van der Waals surface area contributed by atoms with Gasteiger partial charge in [-0.15, -0.1) is 0 Å². The van der Waals surface area contributed by atoms with Crippen LogP contribution in [0.15, 0.2) is 0 Å². The summed E-state index contributed by atoms with van der Waals surface area (Å²) in [5, 5.41) is 3.56. The van der Waals surface area contributed by atoms with E-state index >= 15 is 0 Å². The highest BCUT2D eigenvalue weighted by Gasteiger charge is 2.43. The van der Waals surface area contributed by atoms with Crippen LogP contribution in [-0.4, -0.2) is 24.3 Å². The molecule has 0 aromatic rings. The molecule has 2 unspecified atom stereocenters. The second kappa shape index (κ2) is 4.19. The van der Waals surface area contributed by atoms with Crippen molar-refractivity contribution in [2.45, 2.75) is 59.3 Å². The van der Waals surface area contributed by atoms with Crippen LogP contribution in [0.5, 0.6) is 0 Å². The fourth-order valence-electron chi connectivity index (χ4n) is 2.32. The minimum Gasteiger partial charge on any atom is -0.369 e. The molecule has 2 nitrogen and oxygen atoms in total. The Balaban J connectivity index is 2.80. The molecular formula is C12H25NO. The number of nitrogens with one attached hydrogen (secondary N) is 1. The highest BCUT2D eigenvalue weighted by molar-refractivity contribution is 4.95. The van der Waals surface area contributed by atoms with Crippen LogP contribution in [0.2, 0.25) is 0 Å². The van der Waals surface area contributed by atoms with E-state index in [2.05, 4.69) is 46.9 Å². The molecule has 1 rings (SSSR count). The molecule has 0 radical (unpaired) electrons. The lowest BCUT2D eigenvalue weighted by Crippen LogP contribution is -2.62. The molecule has 2 heteroatoms. The molecule has 1 fully saturated rings. The van der Waals surface area contributed by atoms with Gasteiger partial charge in [0.05, 0.1) is 11.7 Å². The van der Waals surface area contributed by atoms with E-state index in [0.29, 0.717) is 24.0 Å². The highest BCUT2D eigenvalue weighted by Crippen LogP contribution is 2.34. The Morgan fingerprint density at radius 2 is 1.64 bits per heavy atom. The molecule has 0 aromatic heterocycles. The summed E-state index contributed by atoms with van der Waals surface area (Å²) < 4.78 is 6.25. The van der Waals surface area contributed by atoms with Gasteiger partial charge in [-0.05, 0) is 25.7 Å². The average Bonchev–Trinajstić information content (AvgIpc) is 2.09. The predicted molar refractivity (Wildman–Crippen MR) is 60.4 cm³/mol. The van der Waals surface area contributed by atoms with Gasteiger partial charge < -0.3 is 10.1 Å². The molecule has 84 valence electrons. The highest BCUT2D eigenvalue weighted by atomic mass is 16.5. The molecule has 0 amide bonds. The van der Waals surface area contributed by atoms with E-state index in [0.717, 1.165) is 6.54 Å². The fraction of sp³-hybridized carbons (Fsp3) is 1.00. The molecule has 0 aliphatic carbocycles. The topological polar surface area (TPSA) is 21.3 Å². The lowest BCUT2D eigenvalue weighted by molar-refractivity contribution is -0.172. The Labute approximate surface area is 88.4 Å². The molecule has 1 N–H and O–H groups in total. The van der Waals surface area contributed by atoms with E-state index < -0.39 is 0 Å². The Morgan fingerprint density at radius 1 is 1.14 bits per heavy atom. The monoisotopic (exact) mass is 199 g/mol. The molecule has 14 heavy (non-hydrogen) atoms. The lowest BCUT2D eigenvalue weighted by atomic mass is 9.78. The summed E-state index contributed by atoms with van der Waals surface area (Å²) >= 11 is 0. The van der Waals surface area contributed by atoms with E-state index in [4.69, 9.17) is 4.74 Å². The first-order chi connectivity index (χ1) is 6.40. The summed E-state index contributed by atoms with van der Waals surface area (Å²) in [6, 6.07) is 0.473. The van der Waals surface area contributed by atoms with Crippen LogP contribution in [0.1, 0.15) is 41.5 Å². The minimum atomic E-state index is 0.0198. The van der Waals surface area contributed by atoms with Gasteiger partial charge in [-0.1, -0.05) is 27.7 Å². The smallest absolute Gasteiger partial charge is 0.0856 e. The van der Waals surface area contributed by atoms with Gasteiger partial charge in [0.25, 0.3) is 0 Å². The fourth-order valence-corrected chi connectivity index (χ4v) is 2.32. The molecule has 1 saturated heterocycles. The van der Waals surface area contributed by atoms with Crippen LogP contribution in [0.25, 0.3) is 0 Å². The van der Waals surface area contributed by atoms with Crippen LogP contribution >= 0.6 is 0 Å². The molecule has 0 bridgehead atoms. The first kappa shape index (κ1) is 12.0. The van der Waals surface area contributed by atoms with Gasteiger partial charge in [0, 0.05) is 12.6 Å². The Morgan fingerprint density at radius 3 is 2.00 bits per heavy atom. The Kier molecular flexibility index (Phi) is 3.59. The second-order valence-electron chi connectivity index (χ2n) is 5.26. The van der Waals surface area contributed by atoms with Crippen molar-refractivity contribution in [3.8, 4) is 0 Å². The first-order valence-electron chi connectivity index (χ1n) is 5.81. The van der Waals surface area contributed by atoms with E-state index in [1.807, 2.05) is 0 Å². The SMILES string of the molecule is CC1NCC(C(C)C)(C(C)C)OC1C. The summed E-state index contributed by atoms with van der Waals surface area (Å²) in [5.41, 5.74) is 0.0198. The van der Waals surface area contributed by atoms with Gasteiger partial charge >= 0.3 is 0 Å². The normalized spacial score (nSPS) is 32.6. The van der Waals surface area contributed by atoms with Crippen LogP contribution in [0, 0.1) is 11.8 Å². The number of morpholine rings is 1. The summed E-state index contributed by atoms with van der Waals surface area (Å²) in [5.74, 6) is 1.12. The number of rotatable bonds is 2. The third-order valence-electron chi connectivity index (χ3n) is 3.76. The Hall–Kier alpha value is -0.0800. The van der Waals surface area contributed by atoms with Crippen molar-refractivity contribution < 1.29 is 4.74 Å². The largest absolute Gasteiger partial charge is 0.369 e. The third kappa shape index (κ3) is 1.96. The maximum absolute atomic E-state index is 6.25. The molecule has 1 aliphatic rings. The molecule has 0 aromatic carbocycles. The van der Waals surface area contributed by atoms with Gasteiger partial charge in [0.15, 0.2) is 0 Å². The predicted octanol–water partition coefficient (Wildman–Crippen LogP) is 2.43. The van der Waals surface area contributed by atoms with Crippen molar-refractivity contribution in [2.24, 2.45) is 11.8 Å². The zero-order valence-electron chi connectivity index (χ0n) is 10.4. The van der Waals surface area contributed by atoms with Crippen molar-refractivity contribution in [3.05, 3.63) is 0 Å². The van der Waals surface area contributed by atoms with E-state index in [-0.39, 0.29) is 5.60 Å². The summed E-state index contributed by atoms with van der Waals surface area (Å²) in [4.78, 5) is 0. The maximum Gasteiger partial charge on any atom is 0.0856 e. The standard InChI is InChI=1S/C12H25NO/c1-8(2)12(9(3)4)7-13-10(5)11(6)14-12/h8-11,13H,7H2,1-6H3. The Bertz CT molecular complexity index is 181. The first-order valence-corrected chi connectivity index (χ1v) is 5.81. The van der Waals surface area contributed by atoms with Crippen molar-refractivity contribution in [3.63, 3.8) is 0 Å². The van der Waals surface area contributed by atoms with E-state index in [9.17, 15) is 0 Å². The van der Waals surface area contributed by atoms with Crippen LogP contribution in [-0.2, 0) is 4.74 Å². The zero-order chi connectivity index (χ0) is 10.9. The third-order valence-corrected chi connectivity index (χ3v) is 3.76. The summed E-state index contributed by atoms with van der Waals surface area (Å²) in [6.45, 7) is 14.4. The summed E-state index contributed by atoms with van der Waals surface area (Å²) in [7, 11) is 0. The number of hydrogen-bond donors (Lipinski definition) is 1. The van der Waals surface area contributed by atoms with Gasteiger partial charge in [-0.3, -0.25) is 0 Å². The zero-order valence-corrected chi connectivity index (χ0v) is 10.4. The van der Waals surface area contributed by atoms with E-state index in [1.165, 1.54) is 0 Å². The quantitative estimate of drug-likeness (QED) is 0.737. The van der Waals surface area contributed by atoms with Gasteiger partial charge in [-0.2, -0.15) is 0 Å². The van der Waals surface area contributed by atoms with Crippen LogP contribution in [0.3, 0.4) is 0 Å². The molecule has 0 saturated carbocycles.